The summed E-state index contributed by atoms with van der Waals surface area (Å²) in [6.07, 6.45) is -6.84. The van der Waals surface area contributed by atoms with Crippen LogP contribution in [0.2, 0.25) is 0 Å². The fourth-order valence-electron chi connectivity index (χ4n) is 0.618. The second-order valence-electron chi connectivity index (χ2n) is 2.36. The smallest absolute Gasteiger partial charge is 0.151 e. The quantitative estimate of drug-likeness (QED) is 0.341. The monoisotopic (exact) mass is 260 g/mol. The van der Waals surface area contributed by atoms with Crippen LogP contribution < -0.4 is 0 Å². The van der Waals surface area contributed by atoms with Crippen molar-refractivity contribution in [3.8, 4) is 0 Å². The molecular weight excluding hydrogens is 248 g/mol. The van der Waals surface area contributed by atoms with E-state index in [4.69, 9.17) is 25.5 Å². The molecule has 0 aliphatic carbocycles. The van der Waals surface area contributed by atoms with Gasteiger partial charge in [-0.1, -0.05) is 0 Å². The molecule has 0 heterocycles. The Morgan fingerprint density at radius 1 is 1.08 bits per heavy atom. The molecule has 0 unspecified atom stereocenters. The summed E-state index contributed by atoms with van der Waals surface area (Å²) in [6, 6.07) is 0. The normalized spacial score (nSPS) is 19.5. The highest BCUT2D eigenvalue weighted by Crippen LogP contribution is 2.02. The lowest BCUT2D eigenvalue weighted by atomic mass is 10.0. The molecule has 0 saturated heterocycles. The van der Waals surface area contributed by atoms with Crippen molar-refractivity contribution in [2.24, 2.45) is 0 Å². The van der Waals surface area contributed by atoms with E-state index < -0.39 is 31.0 Å². The van der Waals surface area contributed by atoms with Crippen molar-refractivity contribution in [1.29, 1.82) is 0 Å². The maximum atomic E-state index is 9.90. The van der Waals surface area contributed by atoms with Crippen molar-refractivity contribution in [1.82, 2.24) is 0 Å². The van der Waals surface area contributed by atoms with E-state index in [1.54, 1.807) is 0 Å². The van der Waals surface area contributed by atoms with Crippen LogP contribution >= 0.6 is 17.0 Å². The summed E-state index contributed by atoms with van der Waals surface area (Å²) >= 11 is 0. The van der Waals surface area contributed by atoms with Crippen molar-refractivity contribution in [3.05, 3.63) is 0 Å². The molecule has 0 fully saturated rings. The number of aliphatic hydroxyl groups excluding tert-OH is 5. The molecule has 0 radical (unpaired) electrons. The topological polar surface area (TPSA) is 118 Å². The van der Waals surface area contributed by atoms with E-state index >= 15 is 0 Å². The molecule has 0 aromatic rings. The lowest BCUT2D eigenvalue weighted by molar-refractivity contribution is -0.136. The van der Waals surface area contributed by atoms with Crippen molar-refractivity contribution in [2.45, 2.75) is 24.4 Å². The Labute approximate surface area is 85.2 Å². The molecular formula is C6H13BrO6. The fourth-order valence-corrected chi connectivity index (χ4v) is 0.618. The van der Waals surface area contributed by atoms with E-state index in [0.717, 1.165) is 0 Å². The van der Waals surface area contributed by atoms with Gasteiger partial charge in [-0.3, -0.25) is 0 Å². The van der Waals surface area contributed by atoms with Crippen LogP contribution in [0.25, 0.3) is 0 Å². The number of hydrogen-bond donors (Lipinski definition) is 5. The average Bonchev–Trinajstić information content (AvgIpc) is 2.12. The first-order valence-electron chi connectivity index (χ1n) is 3.33. The predicted octanol–water partition coefficient (Wildman–Crippen LogP) is -2.80. The number of aliphatic hydroxyl groups is 5. The lowest BCUT2D eigenvalue weighted by Crippen LogP contribution is -2.46. The van der Waals surface area contributed by atoms with Crippen LogP contribution in [0.5, 0.6) is 0 Å². The van der Waals surface area contributed by atoms with Crippen LogP contribution in [0.4, 0.5) is 0 Å². The summed E-state index contributed by atoms with van der Waals surface area (Å²) in [5.74, 6) is 0. The zero-order chi connectivity index (χ0) is 9.72. The molecule has 4 atom stereocenters. The highest BCUT2D eigenvalue weighted by molar-refractivity contribution is 8.93. The summed E-state index contributed by atoms with van der Waals surface area (Å²) in [5.41, 5.74) is 0. The highest BCUT2D eigenvalue weighted by Gasteiger charge is 2.29. The minimum atomic E-state index is -1.79. The van der Waals surface area contributed by atoms with Gasteiger partial charge in [-0.05, 0) is 0 Å². The standard InChI is InChI=1S/C6H12O6.BrH/c7-1-3(9)5(11)6(12)4(10)2-8;/h1,3-6,8-12H,2H2;1H/t3-,4+,5+,6-;/m0./s1. The van der Waals surface area contributed by atoms with Crippen LogP contribution in [-0.2, 0) is 4.79 Å². The third kappa shape index (κ3) is 4.65. The highest BCUT2D eigenvalue weighted by atomic mass is 79.9. The molecule has 0 aliphatic rings. The first kappa shape index (κ1) is 15.4. The molecule has 0 spiro atoms. The fraction of sp³-hybridized carbons (Fsp3) is 0.833. The summed E-state index contributed by atoms with van der Waals surface area (Å²) in [4.78, 5) is 9.90. The van der Waals surface area contributed by atoms with Crippen molar-refractivity contribution < 1.29 is 30.3 Å². The Morgan fingerprint density at radius 3 is 1.85 bits per heavy atom. The van der Waals surface area contributed by atoms with Gasteiger partial charge in [-0.15, -0.1) is 17.0 Å². The Morgan fingerprint density at radius 2 is 1.54 bits per heavy atom. The van der Waals surface area contributed by atoms with E-state index in [0.29, 0.717) is 0 Å². The Bertz CT molecular complexity index is 143. The second kappa shape index (κ2) is 7.36. The van der Waals surface area contributed by atoms with E-state index in [1.807, 2.05) is 0 Å². The maximum absolute atomic E-state index is 9.90. The lowest BCUT2D eigenvalue weighted by Gasteiger charge is -2.22. The largest absolute Gasteiger partial charge is 0.394 e. The van der Waals surface area contributed by atoms with Crippen molar-refractivity contribution in [2.75, 3.05) is 6.61 Å². The number of rotatable bonds is 5. The van der Waals surface area contributed by atoms with Gasteiger partial charge in [0.15, 0.2) is 6.29 Å². The Balaban J connectivity index is 0. The molecule has 0 amide bonds. The number of carbonyl (C=O) groups is 1. The predicted molar refractivity (Wildman–Crippen MR) is 47.5 cm³/mol. The van der Waals surface area contributed by atoms with Crippen LogP contribution in [0.15, 0.2) is 0 Å². The number of halogens is 1. The molecule has 80 valence electrons. The van der Waals surface area contributed by atoms with Crippen LogP contribution in [0, 0.1) is 0 Å². The van der Waals surface area contributed by atoms with Gasteiger partial charge in [0.25, 0.3) is 0 Å². The van der Waals surface area contributed by atoms with Crippen LogP contribution in [0.3, 0.4) is 0 Å². The summed E-state index contributed by atoms with van der Waals surface area (Å²) < 4.78 is 0. The molecule has 0 aromatic heterocycles. The van der Waals surface area contributed by atoms with Crippen molar-refractivity contribution in [3.63, 3.8) is 0 Å². The van der Waals surface area contributed by atoms with Gasteiger partial charge in [-0.25, -0.2) is 0 Å². The third-order valence-electron chi connectivity index (χ3n) is 1.42. The SMILES string of the molecule is Br.O=C[C@H](O)[C@@H](O)[C@@H](O)[C@H](O)CO. The van der Waals surface area contributed by atoms with E-state index in [9.17, 15) is 4.79 Å². The molecule has 0 aliphatic heterocycles. The first-order chi connectivity index (χ1) is 5.54. The molecule has 0 saturated carbocycles. The van der Waals surface area contributed by atoms with E-state index in [1.165, 1.54) is 0 Å². The minimum Gasteiger partial charge on any atom is -0.394 e. The van der Waals surface area contributed by atoms with E-state index in [2.05, 4.69) is 0 Å². The second-order valence-corrected chi connectivity index (χ2v) is 2.36. The number of hydrogen-bond acceptors (Lipinski definition) is 6. The first-order valence-corrected chi connectivity index (χ1v) is 3.33. The van der Waals surface area contributed by atoms with Gasteiger partial charge in [0.05, 0.1) is 6.61 Å². The molecule has 6 nitrogen and oxygen atoms in total. The van der Waals surface area contributed by atoms with Gasteiger partial charge in [0, 0.05) is 0 Å². The third-order valence-corrected chi connectivity index (χ3v) is 1.42. The molecule has 7 heteroatoms. The van der Waals surface area contributed by atoms with Gasteiger partial charge < -0.3 is 30.3 Å². The van der Waals surface area contributed by atoms with Gasteiger partial charge >= 0.3 is 0 Å². The molecule has 0 rings (SSSR count). The Kier molecular flexibility index (Phi) is 8.74. The average molecular weight is 261 g/mol. The molecule has 13 heavy (non-hydrogen) atoms. The summed E-state index contributed by atoms with van der Waals surface area (Å²) in [5, 5.41) is 43.5. The van der Waals surface area contributed by atoms with Gasteiger partial charge in [0.1, 0.15) is 24.4 Å². The summed E-state index contributed by atoms with van der Waals surface area (Å²) in [7, 11) is 0. The molecule has 0 bridgehead atoms. The minimum absolute atomic E-state index is 0. The zero-order valence-corrected chi connectivity index (χ0v) is 8.36. The molecule has 0 aromatic carbocycles. The van der Waals surface area contributed by atoms with Gasteiger partial charge in [0.2, 0.25) is 0 Å². The summed E-state index contributed by atoms with van der Waals surface area (Å²) in [6.45, 7) is -0.760. The molecule has 5 N–H and O–H groups in total. The van der Waals surface area contributed by atoms with Crippen LogP contribution in [-0.4, -0.2) is 62.8 Å². The number of carbonyl (C=O) groups excluding carboxylic acids is 1. The van der Waals surface area contributed by atoms with Crippen LogP contribution in [0.1, 0.15) is 0 Å². The van der Waals surface area contributed by atoms with Gasteiger partial charge in [-0.2, -0.15) is 0 Å². The maximum Gasteiger partial charge on any atom is 0.151 e. The Hall–Kier alpha value is -0.0500. The zero-order valence-electron chi connectivity index (χ0n) is 6.65. The van der Waals surface area contributed by atoms with E-state index in [-0.39, 0.29) is 23.3 Å². The van der Waals surface area contributed by atoms with Crippen molar-refractivity contribution >= 4 is 23.3 Å². The number of aldehydes is 1.